The highest BCUT2D eigenvalue weighted by atomic mass is 16.5. The van der Waals surface area contributed by atoms with Crippen LogP contribution in [0, 0.1) is 0 Å². The predicted octanol–water partition coefficient (Wildman–Crippen LogP) is 3.82. The van der Waals surface area contributed by atoms with Crippen LogP contribution in [0.15, 0.2) is 53.6 Å². The maximum atomic E-state index is 13.3. The number of ether oxygens (including phenoxy) is 2. The summed E-state index contributed by atoms with van der Waals surface area (Å²) in [7, 11) is 4.84. The Kier molecular flexibility index (Phi) is 7.26. The van der Waals surface area contributed by atoms with Crippen LogP contribution < -0.4 is 14.8 Å². The van der Waals surface area contributed by atoms with Gasteiger partial charge in [0.1, 0.15) is 18.0 Å². The number of carbonyl (C=O) groups excluding carboxylic acids is 2. The largest absolute Gasteiger partial charge is 0.497 e. The summed E-state index contributed by atoms with van der Waals surface area (Å²) in [5.41, 5.74) is 2.27. The third-order valence-electron chi connectivity index (χ3n) is 5.29. The molecule has 3 rings (SSSR count). The van der Waals surface area contributed by atoms with Crippen LogP contribution in [0.5, 0.6) is 11.5 Å². The van der Waals surface area contributed by atoms with Gasteiger partial charge in [-0.05, 0) is 68.3 Å². The second-order valence-electron chi connectivity index (χ2n) is 9.04. The van der Waals surface area contributed by atoms with E-state index >= 15 is 0 Å². The number of amides is 3. The van der Waals surface area contributed by atoms with Gasteiger partial charge in [-0.15, -0.1) is 0 Å². The molecule has 2 aromatic rings. The third-order valence-corrected chi connectivity index (χ3v) is 5.29. The monoisotopic (exact) mass is 452 g/mol. The number of methoxy groups -OCH3 is 2. The second kappa shape index (κ2) is 9.94. The SMILES string of the molecule is COc1ccc(C2=NN(C(=O)CN(C)C(=O)NC(C)(C)C)[C@@H](c3ccc(OC)cc3)C2)cc1. The minimum absolute atomic E-state index is 0.0893. The van der Waals surface area contributed by atoms with E-state index in [1.165, 1.54) is 9.91 Å². The van der Waals surface area contributed by atoms with E-state index in [4.69, 9.17) is 9.47 Å². The Morgan fingerprint density at radius 1 is 1.03 bits per heavy atom. The molecule has 8 heteroatoms. The molecule has 0 saturated carbocycles. The molecule has 1 heterocycles. The highest BCUT2D eigenvalue weighted by Crippen LogP contribution is 2.34. The number of nitrogens with zero attached hydrogens (tertiary/aromatic N) is 3. The highest BCUT2D eigenvalue weighted by molar-refractivity contribution is 6.03. The van der Waals surface area contributed by atoms with Crippen molar-refractivity contribution >= 4 is 17.6 Å². The molecule has 0 unspecified atom stereocenters. The summed E-state index contributed by atoms with van der Waals surface area (Å²) in [6.07, 6.45) is 0.558. The van der Waals surface area contributed by atoms with Crippen LogP contribution in [0.4, 0.5) is 4.79 Å². The smallest absolute Gasteiger partial charge is 0.318 e. The van der Waals surface area contributed by atoms with Crippen LogP contribution in [-0.4, -0.2) is 60.9 Å². The quantitative estimate of drug-likeness (QED) is 0.722. The molecule has 33 heavy (non-hydrogen) atoms. The summed E-state index contributed by atoms with van der Waals surface area (Å²) in [4.78, 5) is 27.1. The van der Waals surface area contributed by atoms with Gasteiger partial charge in [-0.25, -0.2) is 9.80 Å². The lowest BCUT2D eigenvalue weighted by Crippen LogP contribution is -2.49. The van der Waals surface area contributed by atoms with Crippen LogP contribution in [0.1, 0.15) is 44.4 Å². The fourth-order valence-corrected chi connectivity index (χ4v) is 3.55. The molecular weight excluding hydrogens is 420 g/mol. The predicted molar refractivity (Wildman–Crippen MR) is 128 cm³/mol. The van der Waals surface area contributed by atoms with Crippen molar-refractivity contribution in [3.8, 4) is 11.5 Å². The molecule has 1 aliphatic rings. The Bertz CT molecular complexity index is 1010. The minimum Gasteiger partial charge on any atom is -0.497 e. The van der Waals surface area contributed by atoms with Crippen LogP contribution in [0.3, 0.4) is 0 Å². The summed E-state index contributed by atoms with van der Waals surface area (Å²) < 4.78 is 10.5. The van der Waals surface area contributed by atoms with Crippen molar-refractivity contribution in [2.75, 3.05) is 27.8 Å². The molecule has 0 spiro atoms. The zero-order valence-electron chi connectivity index (χ0n) is 20.1. The van der Waals surface area contributed by atoms with Gasteiger partial charge < -0.3 is 19.7 Å². The van der Waals surface area contributed by atoms with Crippen LogP contribution in [0.25, 0.3) is 0 Å². The number of carbonyl (C=O) groups is 2. The molecule has 1 aliphatic heterocycles. The van der Waals surface area contributed by atoms with Crippen molar-refractivity contribution < 1.29 is 19.1 Å². The Morgan fingerprint density at radius 2 is 1.58 bits per heavy atom. The van der Waals surface area contributed by atoms with Crippen molar-refractivity contribution in [1.29, 1.82) is 0 Å². The maximum Gasteiger partial charge on any atom is 0.318 e. The molecule has 1 N–H and O–H groups in total. The van der Waals surface area contributed by atoms with Crippen molar-refractivity contribution in [1.82, 2.24) is 15.2 Å². The molecule has 8 nitrogen and oxygen atoms in total. The number of likely N-dealkylation sites (N-methyl/N-ethyl adjacent to an activating group) is 1. The van der Waals surface area contributed by atoms with Gasteiger partial charge in [-0.1, -0.05) is 12.1 Å². The molecule has 0 bridgehead atoms. The van der Waals surface area contributed by atoms with Crippen LogP contribution in [0.2, 0.25) is 0 Å². The van der Waals surface area contributed by atoms with Crippen molar-refractivity contribution in [3.05, 3.63) is 59.7 Å². The molecule has 0 aromatic heterocycles. The van der Waals surface area contributed by atoms with Gasteiger partial charge in [0, 0.05) is 19.0 Å². The molecule has 2 aromatic carbocycles. The normalized spacial score (nSPS) is 15.6. The number of rotatable bonds is 6. The van der Waals surface area contributed by atoms with Gasteiger partial charge >= 0.3 is 6.03 Å². The summed E-state index contributed by atoms with van der Waals surface area (Å²) >= 11 is 0. The van der Waals surface area contributed by atoms with E-state index in [1.54, 1.807) is 21.3 Å². The average molecular weight is 453 g/mol. The fourth-order valence-electron chi connectivity index (χ4n) is 3.55. The Balaban J connectivity index is 1.85. The Labute approximate surface area is 195 Å². The molecule has 0 saturated heterocycles. The van der Waals surface area contributed by atoms with Gasteiger partial charge in [0.25, 0.3) is 5.91 Å². The molecule has 3 amide bonds. The van der Waals surface area contributed by atoms with E-state index in [9.17, 15) is 9.59 Å². The molecule has 0 aliphatic carbocycles. The Hall–Kier alpha value is -3.55. The summed E-state index contributed by atoms with van der Waals surface area (Å²) in [5.74, 6) is 1.24. The molecular formula is C25H32N4O4. The zero-order valence-corrected chi connectivity index (χ0v) is 20.1. The van der Waals surface area contributed by atoms with Crippen LogP contribution in [-0.2, 0) is 4.79 Å². The van der Waals surface area contributed by atoms with Crippen molar-refractivity contribution in [2.24, 2.45) is 5.10 Å². The lowest BCUT2D eigenvalue weighted by atomic mass is 9.98. The first-order valence-electron chi connectivity index (χ1n) is 10.8. The van der Waals surface area contributed by atoms with E-state index in [0.717, 1.165) is 28.3 Å². The zero-order chi connectivity index (χ0) is 24.2. The number of hydrazone groups is 1. The van der Waals surface area contributed by atoms with Gasteiger partial charge in [0.05, 0.1) is 26.0 Å². The molecule has 0 fully saturated rings. The van der Waals surface area contributed by atoms with E-state index in [2.05, 4.69) is 10.4 Å². The second-order valence-corrected chi connectivity index (χ2v) is 9.04. The average Bonchev–Trinajstić information content (AvgIpc) is 3.23. The molecule has 176 valence electrons. The van der Waals surface area contributed by atoms with Gasteiger partial charge in [-0.2, -0.15) is 5.10 Å². The summed E-state index contributed by atoms with van der Waals surface area (Å²) in [6, 6.07) is 14.6. The lowest BCUT2D eigenvalue weighted by molar-refractivity contribution is -0.133. The minimum atomic E-state index is -0.395. The van der Waals surface area contributed by atoms with Crippen molar-refractivity contribution in [2.45, 2.75) is 38.8 Å². The highest BCUT2D eigenvalue weighted by Gasteiger charge is 2.34. The topological polar surface area (TPSA) is 83.5 Å². The van der Waals surface area contributed by atoms with E-state index in [1.807, 2.05) is 69.3 Å². The maximum absolute atomic E-state index is 13.3. The van der Waals surface area contributed by atoms with E-state index in [0.29, 0.717) is 6.42 Å². The molecule has 0 radical (unpaired) electrons. The van der Waals surface area contributed by atoms with Gasteiger partial charge in [0.15, 0.2) is 0 Å². The lowest BCUT2D eigenvalue weighted by Gasteiger charge is -2.28. The third kappa shape index (κ3) is 6.03. The summed E-state index contributed by atoms with van der Waals surface area (Å²) in [5, 5.41) is 9.03. The van der Waals surface area contributed by atoms with E-state index < -0.39 is 5.54 Å². The number of nitrogens with one attached hydrogen (secondary N) is 1. The van der Waals surface area contributed by atoms with E-state index in [-0.39, 0.29) is 24.5 Å². The van der Waals surface area contributed by atoms with Gasteiger partial charge in [0.2, 0.25) is 0 Å². The fraction of sp³-hybridized carbons (Fsp3) is 0.400. The van der Waals surface area contributed by atoms with Gasteiger partial charge in [-0.3, -0.25) is 4.79 Å². The summed E-state index contributed by atoms with van der Waals surface area (Å²) in [6.45, 7) is 5.60. The number of benzene rings is 2. The van der Waals surface area contributed by atoms with Crippen molar-refractivity contribution in [3.63, 3.8) is 0 Å². The number of urea groups is 1. The number of hydrogen-bond donors (Lipinski definition) is 1. The Morgan fingerprint density at radius 3 is 2.09 bits per heavy atom. The molecule has 1 atom stereocenters. The number of hydrogen-bond acceptors (Lipinski definition) is 5. The van der Waals surface area contributed by atoms with Crippen LogP contribution >= 0.6 is 0 Å². The first kappa shape index (κ1) is 24.1. The standard InChI is InChI=1S/C25H32N4O4/c1-25(2,3)26-24(31)28(4)16-23(30)29-22(18-9-13-20(33-6)14-10-18)15-21(27-29)17-7-11-19(32-5)12-8-17/h7-14,22H,15-16H2,1-6H3,(H,26,31)/t22-/m1/s1. The first-order chi connectivity index (χ1) is 15.6. The first-order valence-corrected chi connectivity index (χ1v) is 10.8.